The molecule has 0 saturated carbocycles. The van der Waals surface area contributed by atoms with Crippen LogP contribution < -0.4 is 0 Å². The number of benzene rings is 1. The van der Waals surface area contributed by atoms with Gasteiger partial charge in [0.2, 0.25) is 0 Å². The minimum absolute atomic E-state index is 0.750. The van der Waals surface area contributed by atoms with E-state index in [1.54, 1.807) is 0 Å². The van der Waals surface area contributed by atoms with Gasteiger partial charge in [0.1, 0.15) is 0 Å². The molecule has 1 aliphatic rings. The van der Waals surface area contributed by atoms with Gasteiger partial charge in [-0.2, -0.15) is 0 Å². The molecule has 1 unspecified atom stereocenters. The standard InChI is InChI=1S/C16H25N/c1-3-8-16(17-12-7-9-14(17)2)13-15-10-5-4-6-11-15/h4-6,10-11,14,16H,3,7-9,12-13H2,1-2H3/t14-,16?/m0/s1. The van der Waals surface area contributed by atoms with Crippen molar-refractivity contribution in [3.05, 3.63) is 35.9 Å². The molecule has 0 aliphatic carbocycles. The molecule has 1 heteroatoms. The molecule has 0 spiro atoms. The summed E-state index contributed by atoms with van der Waals surface area (Å²) in [7, 11) is 0. The number of likely N-dealkylation sites (tertiary alicyclic amines) is 1. The summed E-state index contributed by atoms with van der Waals surface area (Å²) < 4.78 is 0. The Morgan fingerprint density at radius 2 is 2.06 bits per heavy atom. The van der Waals surface area contributed by atoms with Crippen molar-refractivity contribution in [3.63, 3.8) is 0 Å². The third-order valence-electron chi connectivity index (χ3n) is 4.01. The van der Waals surface area contributed by atoms with Crippen molar-refractivity contribution < 1.29 is 0 Å². The van der Waals surface area contributed by atoms with Crippen LogP contribution in [-0.2, 0) is 6.42 Å². The highest BCUT2D eigenvalue weighted by molar-refractivity contribution is 5.16. The Kier molecular flexibility index (Phi) is 4.61. The molecular formula is C16H25N. The van der Waals surface area contributed by atoms with Crippen LogP contribution in [0.5, 0.6) is 0 Å². The van der Waals surface area contributed by atoms with E-state index in [0.29, 0.717) is 0 Å². The molecule has 0 amide bonds. The van der Waals surface area contributed by atoms with Crippen LogP contribution in [0.1, 0.15) is 45.1 Å². The van der Waals surface area contributed by atoms with Gasteiger partial charge in [0.05, 0.1) is 0 Å². The Balaban J connectivity index is 2.02. The minimum Gasteiger partial charge on any atom is -0.297 e. The van der Waals surface area contributed by atoms with Crippen LogP contribution in [0.25, 0.3) is 0 Å². The first kappa shape index (κ1) is 12.6. The van der Waals surface area contributed by atoms with E-state index < -0.39 is 0 Å². The molecule has 17 heavy (non-hydrogen) atoms. The lowest BCUT2D eigenvalue weighted by Gasteiger charge is -2.31. The first-order chi connectivity index (χ1) is 8.31. The molecule has 0 radical (unpaired) electrons. The third-order valence-corrected chi connectivity index (χ3v) is 4.01. The van der Waals surface area contributed by atoms with Gasteiger partial charge in [-0.05, 0) is 44.7 Å². The third kappa shape index (κ3) is 3.32. The number of nitrogens with zero attached hydrogens (tertiary/aromatic N) is 1. The van der Waals surface area contributed by atoms with Crippen LogP contribution in [0.3, 0.4) is 0 Å². The SMILES string of the molecule is CCCC(Cc1ccccc1)N1CCC[C@@H]1C. The number of hydrogen-bond acceptors (Lipinski definition) is 1. The van der Waals surface area contributed by atoms with Crippen LogP contribution in [0.2, 0.25) is 0 Å². The number of hydrogen-bond donors (Lipinski definition) is 0. The zero-order chi connectivity index (χ0) is 12.1. The first-order valence-corrected chi connectivity index (χ1v) is 7.11. The maximum atomic E-state index is 2.73. The maximum Gasteiger partial charge on any atom is 0.0138 e. The summed E-state index contributed by atoms with van der Waals surface area (Å²) >= 11 is 0. The summed E-state index contributed by atoms with van der Waals surface area (Å²) in [5.41, 5.74) is 1.49. The predicted molar refractivity (Wildman–Crippen MR) is 74.2 cm³/mol. The Bertz CT molecular complexity index is 320. The van der Waals surface area contributed by atoms with Crippen molar-refractivity contribution in [1.29, 1.82) is 0 Å². The van der Waals surface area contributed by atoms with Crippen LogP contribution in [-0.4, -0.2) is 23.5 Å². The molecule has 1 heterocycles. The monoisotopic (exact) mass is 231 g/mol. The van der Waals surface area contributed by atoms with E-state index >= 15 is 0 Å². The fourth-order valence-corrected chi connectivity index (χ4v) is 3.10. The van der Waals surface area contributed by atoms with E-state index in [1.807, 2.05) is 0 Å². The van der Waals surface area contributed by atoms with Gasteiger partial charge in [0, 0.05) is 12.1 Å². The molecular weight excluding hydrogens is 206 g/mol. The lowest BCUT2D eigenvalue weighted by Crippen LogP contribution is -2.39. The summed E-state index contributed by atoms with van der Waals surface area (Å²) in [5.74, 6) is 0. The van der Waals surface area contributed by atoms with Gasteiger partial charge < -0.3 is 0 Å². The Morgan fingerprint density at radius 1 is 1.29 bits per heavy atom. The quantitative estimate of drug-likeness (QED) is 0.743. The maximum absolute atomic E-state index is 2.73. The van der Waals surface area contributed by atoms with Crippen molar-refractivity contribution in [2.24, 2.45) is 0 Å². The molecule has 2 atom stereocenters. The molecule has 1 aromatic carbocycles. The Morgan fingerprint density at radius 3 is 2.65 bits per heavy atom. The summed E-state index contributed by atoms with van der Waals surface area (Å²) in [6.45, 7) is 6.00. The highest BCUT2D eigenvalue weighted by Gasteiger charge is 2.26. The molecule has 2 rings (SSSR count). The van der Waals surface area contributed by atoms with Gasteiger partial charge in [-0.15, -0.1) is 0 Å². The summed E-state index contributed by atoms with van der Waals surface area (Å²) in [5, 5.41) is 0. The van der Waals surface area contributed by atoms with Crippen molar-refractivity contribution in [2.75, 3.05) is 6.54 Å². The highest BCUT2D eigenvalue weighted by atomic mass is 15.2. The van der Waals surface area contributed by atoms with Crippen LogP contribution in [0.15, 0.2) is 30.3 Å². The summed E-state index contributed by atoms with van der Waals surface area (Å²) in [6, 6.07) is 12.5. The molecule has 1 saturated heterocycles. The van der Waals surface area contributed by atoms with E-state index in [2.05, 4.69) is 49.1 Å². The van der Waals surface area contributed by atoms with Crippen LogP contribution in [0, 0.1) is 0 Å². The molecule has 0 aromatic heterocycles. The zero-order valence-corrected chi connectivity index (χ0v) is 11.2. The minimum atomic E-state index is 0.750. The van der Waals surface area contributed by atoms with Gasteiger partial charge in [0.25, 0.3) is 0 Å². The van der Waals surface area contributed by atoms with E-state index in [0.717, 1.165) is 12.1 Å². The van der Waals surface area contributed by atoms with Gasteiger partial charge in [-0.1, -0.05) is 43.7 Å². The fraction of sp³-hybridized carbons (Fsp3) is 0.625. The lowest BCUT2D eigenvalue weighted by molar-refractivity contribution is 0.178. The molecule has 0 N–H and O–H groups in total. The second kappa shape index (κ2) is 6.20. The van der Waals surface area contributed by atoms with Crippen molar-refractivity contribution >= 4 is 0 Å². The molecule has 94 valence electrons. The van der Waals surface area contributed by atoms with Gasteiger partial charge >= 0.3 is 0 Å². The topological polar surface area (TPSA) is 3.24 Å². The fourth-order valence-electron chi connectivity index (χ4n) is 3.10. The number of rotatable bonds is 5. The Hall–Kier alpha value is -0.820. The van der Waals surface area contributed by atoms with Crippen LogP contribution >= 0.6 is 0 Å². The van der Waals surface area contributed by atoms with E-state index in [1.165, 1.54) is 44.2 Å². The van der Waals surface area contributed by atoms with Crippen molar-refractivity contribution in [2.45, 2.75) is 58.0 Å². The van der Waals surface area contributed by atoms with E-state index in [9.17, 15) is 0 Å². The normalized spacial score (nSPS) is 22.8. The van der Waals surface area contributed by atoms with Gasteiger partial charge in [-0.25, -0.2) is 0 Å². The predicted octanol–water partition coefficient (Wildman–Crippen LogP) is 3.88. The van der Waals surface area contributed by atoms with E-state index in [-0.39, 0.29) is 0 Å². The second-order valence-corrected chi connectivity index (χ2v) is 5.36. The summed E-state index contributed by atoms with van der Waals surface area (Å²) in [4.78, 5) is 2.73. The average Bonchev–Trinajstić information content (AvgIpc) is 2.76. The Labute approximate surface area is 106 Å². The summed E-state index contributed by atoms with van der Waals surface area (Å²) in [6.07, 6.45) is 6.62. The molecule has 1 fully saturated rings. The molecule has 0 bridgehead atoms. The molecule has 1 nitrogen and oxygen atoms in total. The molecule has 1 aliphatic heterocycles. The van der Waals surface area contributed by atoms with Crippen molar-refractivity contribution in [3.8, 4) is 0 Å². The van der Waals surface area contributed by atoms with Crippen LogP contribution in [0.4, 0.5) is 0 Å². The van der Waals surface area contributed by atoms with Gasteiger partial charge in [0.15, 0.2) is 0 Å². The van der Waals surface area contributed by atoms with Crippen molar-refractivity contribution in [1.82, 2.24) is 4.90 Å². The van der Waals surface area contributed by atoms with Gasteiger partial charge in [-0.3, -0.25) is 4.90 Å². The smallest absolute Gasteiger partial charge is 0.0138 e. The highest BCUT2D eigenvalue weighted by Crippen LogP contribution is 2.24. The first-order valence-electron chi connectivity index (χ1n) is 7.11. The molecule has 1 aromatic rings. The van der Waals surface area contributed by atoms with E-state index in [4.69, 9.17) is 0 Å². The average molecular weight is 231 g/mol. The second-order valence-electron chi connectivity index (χ2n) is 5.36. The lowest BCUT2D eigenvalue weighted by atomic mass is 10.00. The zero-order valence-electron chi connectivity index (χ0n) is 11.2. The largest absolute Gasteiger partial charge is 0.297 e.